The molecule has 4 nitrogen and oxygen atoms in total. The van der Waals surface area contributed by atoms with Crippen LogP contribution >= 0.6 is 11.6 Å². The number of piperidine rings is 1. The molecule has 1 aromatic rings. The molecule has 3 rings (SSSR count). The van der Waals surface area contributed by atoms with Crippen LogP contribution < -0.4 is 10.0 Å². The summed E-state index contributed by atoms with van der Waals surface area (Å²) in [5.74, 6) is 0. The van der Waals surface area contributed by atoms with E-state index in [1.807, 2.05) is 0 Å². The van der Waals surface area contributed by atoms with Gasteiger partial charge in [-0.3, -0.25) is 0 Å². The normalized spacial score (nSPS) is 30.5. The first-order chi connectivity index (χ1) is 9.03. The number of nitrogens with one attached hydrogen (secondary N) is 2. The lowest BCUT2D eigenvalue weighted by Gasteiger charge is -2.29. The van der Waals surface area contributed by atoms with E-state index in [1.54, 1.807) is 18.2 Å². The fourth-order valence-corrected chi connectivity index (χ4v) is 4.64. The lowest BCUT2D eigenvalue weighted by Crippen LogP contribution is -2.47. The quantitative estimate of drug-likeness (QED) is 0.896. The Bertz CT molecular complexity index is 564. The molecule has 2 unspecified atom stereocenters. The third-order valence-electron chi connectivity index (χ3n) is 3.90. The van der Waals surface area contributed by atoms with Gasteiger partial charge in [-0.2, -0.15) is 0 Å². The van der Waals surface area contributed by atoms with Gasteiger partial charge in [-0.1, -0.05) is 17.7 Å². The van der Waals surface area contributed by atoms with Crippen molar-refractivity contribution >= 4 is 21.6 Å². The number of sulfonamides is 1. The third-order valence-corrected chi connectivity index (χ3v) is 5.65. The molecule has 0 aliphatic carbocycles. The second-order valence-electron chi connectivity index (χ2n) is 5.38. The van der Waals surface area contributed by atoms with Gasteiger partial charge < -0.3 is 5.32 Å². The molecule has 0 spiro atoms. The molecular weight excluding hydrogens is 284 g/mol. The molecule has 2 aliphatic rings. The third kappa shape index (κ3) is 2.94. The largest absolute Gasteiger partial charge is 0.311 e. The first-order valence-corrected chi connectivity index (χ1v) is 8.43. The van der Waals surface area contributed by atoms with Crippen LogP contribution in [0.25, 0.3) is 0 Å². The molecule has 2 bridgehead atoms. The van der Waals surface area contributed by atoms with Crippen LogP contribution in [0.1, 0.15) is 25.7 Å². The molecular formula is C13H17ClN2O2S. The molecule has 1 aromatic carbocycles. The Balaban J connectivity index is 1.75. The highest BCUT2D eigenvalue weighted by molar-refractivity contribution is 7.89. The Hall–Kier alpha value is -0.620. The van der Waals surface area contributed by atoms with Crippen LogP contribution in [0.15, 0.2) is 29.2 Å². The summed E-state index contributed by atoms with van der Waals surface area (Å²) in [6.45, 7) is 0. The van der Waals surface area contributed by atoms with Crippen molar-refractivity contribution in [3.63, 3.8) is 0 Å². The van der Waals surface area contributed by atoms with E-state index in [1.165, 1.54) is 6.07 Å². The number of rotatable bonds is 3. The van der Waals surface area contributed by atoms with Crippen molar-refractivity contribution in [3.8, 4) is 0 Å². The van der Waals surface area contributed by atoms with Gasteiger partial charge in [-0.25, -0.2) is 13.1 Å². The summed E-state index contributed by atoms with van der Waals surface area (Å²) >= 11 is 5.85. The Labute approximate surface area is 118 Å². The topological polar surface area (TPSA) is 58.2 Å². The zero-order valence-electron chi connectivity index (χ0n) is 10.5. The Morgan fingerprint density at radius 2 is 1.89 bits per heavy atom. The van der Waals surface area contributed by atoms with Crippen molar-refractivity contribution in [2.75, 3.05) is 0 Å². The molecule has 2 aliphatic heterocycles. The van der Waals surface area contributed by atoms with Crippen LogP contribution in [0.3, 0.4) is 0 Å². The lowest BCUT2D eigenvalue weighted by molar-refractivity contribution is 0.345. The molecule has 0 radical (unpaired) electrons. The van der Waals surface area contributed by atoms with Crippen molar-refractivity contribution in [2.24, 2.45) is 0 Å². The van der Waals surface area contributed by atoms with E-state index < -0.39 is 10.0 Å². The minimum absolute atomic E-state index is 0.0303. The van der Waals surface area contributed by atoms with E-state index in [2.05, 4.69) is 10.0 Å². The maximum atomic E-state index is 12.3. The zero-order valence-corrected chi connectivity index (χ0v) is 12.0. The van der Waals surface area contributed by atoms with Crippen molar-refractivity contribution < 1.29 is 8.42 Å². The van der Waals surface area contributed by atoms with Gasteiger partial charge >= 0.3 is 0 Å². The summed E-state index contributed by atoms with van der Waals surface area (Å²) < 4.78 is 27.4. The van der Waals surface area contributed by atoms with E-state index in [4.69, 9.17) is 11.6 Å². The number of halogens is 1. The first kappa shape index (κ1) is 13.4. The van der Waals surface area contributed by atoms with Crippen molar-refractivity contribution in [1.82, 2.24) is 10.0 Å². The minimum Gasteiger partial charge on any atom is -0.311 e. The van der Waals surface area contributed by atoms with Crippen molar-refractivity contribution in [1.29, 1.82) is 0 Å². The van der Waals surface area contributed by atoms with Crippen LogP contribution in [-0.2, 0) is 10.0 Å². The smallest absolute Gasteiger partial charge is 0.240 e. The highest BCUT2D eigenvalue weighted by Crippen LogP contribution is 2.27. The standard InChI is InChI=1S/C13H17ClN2O2S/c14-9-2-1-3-13(6-9)19(17,18)16-12-7-10-4-5-11(8-12)15-10/h1-3,6,10-12,15-16H,4-5,7-8H2. The molecule has 0 aromatic heterocycles. The number of hydrogen-bond donors (Lipinski definition) is 2. The maximum absolute atomic E-state index is 12.3. The molecule has 2 fully saturated rings. The van der Waals surface area contributed by atoms with Gasteiger partial charge in [-0.15, -0.1) is 0 Å². The van der Waals surface area contributed by atoms with E-state index in [0.717, 1.165) is 25.7 Å². The molecule has 2 N–H and O–H groups in total. The summed E-state index contributed by atoms with van der Waals surface area (Å²) in [5.41, 5.74) is 0. The van der Waals surface area contributed by atoms with Gasteiger partial charge in [0, 0.05) is 23.1 Å². The Morgan fingerprint density at radius 1 is 1.21 bits per heavy atom. The van der Waals surface area contributed by atoms with E-state index in [0.29, 0.717) is 17.1 Å². The van der Waals surface area contributed by atoms with Gasteiger partial charge in [0.25, 0.3) is 0 Å². The molecule has 6 heteroatoms. The van der Waals surface area contributed by atoms with Crippen LogP contribution in [0.2, 0.25) is 5.02 Å². The summed E-state index contributed by atoms with van der Waals surface area (Å²) in [5, 5.41) is 3.94. The Morgan fingerprint density at radius 3 is 2.53 bits per heavy atom. The monoisotopic (exact) mass is 300 g/mol. The van der Waals surface area contributed by atoms with Gasteiger partial charge in [0.1, 0.15) is 0 Å². The summed E-state index contributed by atoms with van der Waals surface area (Å²) in [4.78, 5) is 0.242. The summed E-state index contributed by atoms with van der Waals surface area (Å²) in [6, 6.07) is 7.34. The lowest BCUT2D eigenvalue weighted by atomic mass is 10.0. The SMILES string of the molecule is O=S(=O)(NC1CC2CCC(C1)N2)c1cccc(Cl)c1. The van der Waals surface area contributed by atoms with Crippen LogP contribution in [-0.4, -0.2) is 26.5 Å². The fraction of sp³-hybridized carbons (Fsp3) is 0.538. The average Bonchev–Trinajstić information content (AvgIpc) is 2.68. The fourth-order valence-electron chi connectivity index (χ4n) is 3.08. The van der Waals surface area contributed by atoms with Gasteiger partial charge in [-0.05, 0) is 43.9 Å². The number of fused-ring (bicyclic) bond motifs is 2. The van der Waals surface area contributed by atoms with E-state index in [9.17, 15) is 8.42 Å². The second kappa shape index (κ2) is 5.05. The van der Waals surface area contributed by atoms with Crippen molar-refractivity contribution in [2.45, 2.75) is 48.7 Å². The zero-order chi connectivity index (χ0) is 13.5. The Kier molecular flexibility index (Phi) is 3.55. The predicted octanol–water partition coefficient (Wildman–Crippen LogP) is 1.90. The van der Waals surface area contributed by atoms with Gasteiger partial charge in [0.2, 0.25) is 10.0 Å². The van der Waals surface area contributed by atoms with Gasteiger partial charge in [0.15, 0.2) is 0 Å². The molecule has 2 saturated heterocycles. The molecule has 0 amide bonds. The molecule has 19 heavy (non-hydrogen) atoms. The second-order valence-corrected chi connectivity index (χ2v) is 7.54. The minimum atomic E-state index is -3.46. The molecule has 2 heterocycles. The highest BCUT2D eigenvalue weighted by atomic mass is 35.5. The molecule has 0 saturated carbocycles. The van der Waals surface area contributed by atoms with Gasteiger partial charge in [0.05, 0.1) is 4.90 Å². The van der Waals surface area contributed by atoms with Crippen LogP contribution in [0.5, 0.6) is 0 Å². The van der Waals surface area contributed by atoms with Crippen LogP contribution in [0, 0.1) is 0 Å². The van der Waals surface area contributed by atoms with E-state index >= 15 is 0 Å². The number of hydrogen-bond acceptors (Lipinski definition) is 3. The summed E-state index contributed by atoms with van der Waals surface area (Å²) in [6.07, 6.45) is 4.05. The first-order valence-electron chi connectivity index (χ1n) is 6.57. The van der Waals surface area contributed by atoms with E-state index in [-0.39, 0.29) is 10.9 Å². The average molecular weight is 301 g/mol. The number of benzene rings is 1. The maximum Gasteiger partial charge on any atom is 0.240 e. The van der Waals surface area contributed by atoms with Crippen LogP contribution in [0.4, 0.5) is 0 Å². The predicted molar refractivity (Wildman–Crippen MR) is 74.7 cm³/mol. The highest BCUT2D eigenvalue weighted by Gasteiger charge is 2.35. The molecule has 2 atom stereocenters. The molecule has 104 valence electrons. The summed E-state index contributed by atoms with van der Waals surface area (Å²) in [7, 11) is -3.46. The van der Waals surface area contributed by atoms with Crippen molar-refractivity contribution in [3.05, 3.63) is 29.3 Å².